The zero-order valence-corrected chi connectivity index (χ0v) is 10.2. The van der Waals surface area contributed by atoms with Crippen molar-refractivity contribution < 1.29 is 17.7 Å². The van der Waals surface area contributed by atoms with Crippen molar-refractivity contribution in [2.75, 3.05) is 11.3 Å². The van der Waals surface area contributed by atoms with Gasteiger partial charge in [0.1, 0.15) is 11.2 Å². The molecule has 0 amide bonds. The molecule has 0 bridgehead atoms. The quantitative estimate of drug-likeness (QED) is 0.850. The predicted molar refractivity (Wildman–Crippen MR) is 60.5 cm³/mol. The second-order valence-electron chi connectivity index (χ2n) is 3.15. The van der Waals surface area contributed by atoms with Crippen LogP contribution in [0.5, 0.6) is 6.01 Å². The molecule has 0 spiro atoms. The maximum absolute atomic E-state index is 11.8. The first-order valence-electron chi connectivity index (χ1n) is 4.99. The van der Waals surface area contributed by atoms with E-state index in [1.807, 2.05) is 0 Å². The number of hydrogen-bond acceptors (Lipinski definition) is 7. The third-order valence-corrected chi connectivity index (χ3v) is 3.20. The van der Waals surface area contributed by atoms with E-state index >= 15 is 0 Å². The summed E-state index contributed by atoms with van der Waals surface area (Å²) in [5.41, 5.74) is 0.222. The summed E-state index contributed by atoms with van der Waals surface area (Å²) in [6.07, 6.45) is 4.74. The first kappa shape index (κ1) is 12.3. The van der Waals surface area contributed by atoms with Crippen molar-refractivity contribution in [2.24, 2.45) is 0 Å². The first-order chi connectivity index (χ1) is 8.62. The molecule has 2 rings (SSSR count). The maximum atomic E-state index is 11.8. The number of aromatic nitrogens is 3. The molecule has 0 saturated carbocycles. The van der Waals surface area contributed by atoms with Crippen LogP contribution in [0.25, 0.3) is 0 Å². The molecule has 9 heteroatoms. The van der Waals surface area contributed by atoms with Crippen LogP contribution in [0.4, 0.5) is 5.69 Å². The molecule has 2 aromatic heterocycles. The Morgan fingerprint density at radius 1 is 1.33 bits per heavy atom. The number of anilines is 1. The maximum Gasteiger partial charge on any atom is 0.316 e. The molecule has 0 unspecified atom stereocenters. The lowest BCUT2D eigenvalue weighted by Gasteiger charge is -2.05. The van der Waals surface area contributed by atoms with Gasteiger partial charge in [0.25, 0.3) is 10.0 Å². The summed E-state index contributed by atoms with van der Waals surface area (Å²) in [4.78, 5) is 7.60. The van der Waals surface area contributed by atoms with Crippen LogP contribution in [0, 0.1) is 0 Å². The Labute approximate surface area is 103 Å². The monoisotopic (exact) mass is 270 g/mol. The molecule has 0 atom stereocenters. The van der Waals surface area contributed by atoms with E-state index in [9.17, 15) is 8.42 Å². The van der Waals surface area contributed by atoms with E-state index in [-0.39, 0.29) is 16.6 Å². The zero-order valence-electron chi connectivity index (χ0n) is 9.40. The van der Waals surface area contributed by atoms with E-state index in [0.717, 1.165) is 12.5 Å². The number of nitrogens with one attached hydrogen (secondary N) is 1. The molecule has 0 aliphatic carbocycles. The molecule has 1 N–H and O–H groups in total. The number of sulfonamides is 1. The van der Waals surface area contributed by atoms with E-state index in [1.165, 1.54) is 12.4 Å². The third kappa shape index (κ3) is 2.74. The van der Waals surface area contributed by atoms with Crippen LogP contribution in [0.1, 0.15) is 6.92 Å². The Hall–Kier alpha value is -2.16. The van der Waals surface area contributed by atoms with Crippen LogP contribution in [-0.2, 0) is 10.0 Å². The summed E-state index contributed by atoms with van der Waals surface area (Å²) in [5, 5.41) is 3.32. The lowest BCUT2D eigenvalue weighted by atomic mass is 10.6. The molecule has 18 heavy (non-hydrogen) atoms. The van der Waals surface area contributed by atoms with Crippen molar-refractivity contribution in [1.29, 1.82) is 0 Å². The van der Waals surface area contributed by atoms with Crippen molar-refractivity contribution in [2.45, 2.75) is 11.8 Å². The molecule has 96 valence electrons. The Morgan fingerprint density at radius 3 is 2.61 bits per heavy atom. The molecule has 0 aliphatic rings. The highest BCUT2D eigenvalue weighted by Crippen LogP contribution is 2.14. The topological polar surface area (TPSA) is 107 Å². The number of nitrogens with zero attached hydrogens (tertiary/aromatic N) is 3. The van der Waals surface area contributed by atoms with E-state index in [2.05, 4.69) is 24.4 Å². The van der Waals surface area contributed by atoms with Crippen molar-refractivity contribution in [3.63, 3.8) is 0 Å². The van der Waals surface area contributed by atoms with Crippen LogP contribution in [0.2, 0.25) is 0 Å². The van der Waals surface area contributed by atoms with Crippen molar-refractivity contribution in [3.05, 3.63) is 24.9 Å². The van der Waals surface area contributed by atoms with Gasteiger partial charge >= 0.3 is 6.01 Å². The van der Waals surface area contributed by atoms with Gasteiger partial charge in [-0.05, 0) is 6.92 Å². The van der Waals surface area contributed by atoms with Crippen molar-refractivity contribution in [1.82, 2.24) is 15.1 Å². The van der Waals surface area contributed by atoms with Gasteiger partial charge in [-0.15, -0.1) is 0 Å². The van der Waals surface area contributed by atoms with Crippen LogP contribution < -0.4 is 9.46 Å². The lowest BCUT2D eigenvalue weighted by molar-refractivity contribution is 0.312. The summed E-state index contributed by atoms with van der Waals surface area (Å²) in [7, 11) is -3.72. The minimum absolute atomic E-state index is 0.0728. The van der Waals surface area contributed by atoms with Gasteiger partial charge in [0.2, 0.25) is 0 Å². The molecule has 0 aliphatic heterocycles. The van der Waals surface area contributed by atoms with Gasteiger partial charge in [0, 0.05) is 0 Å². The van der Waals surface area contributed by atoms with Crippen LogP contribution in [-0.4, -0.2) is 30.1 Å². The van der Waals surface area contributed by atoms with E-state index in [1.54, 1.807) is 6.92 Å². The van der Waals surface area contributed by atoms with Gasteiger partial charge in [0.15, 0.2) is 0 Å². The largest absolute Gasteiger partial charge is 0.464 e. The Balaban J connectivity index is 2.14. The molecule has 0 aromatic carbocycles. The molecule has 2 aromatic rings. The van der Waals surface area contributed by atoms with Crippen molar-refractivity contribution in [3.8, 4) is 6.01 Å². The van der Waals surface area contributed by atoms with Crippen LogP contribution in [0.3, 0.4) is 0 Å². The number of ether oxygens (including phenoxy) is 1. The van der Waals surface area contributed by atoms with Crippen LogP contribution in [0.15, 0.2) is 34.3 Å². The van der Waals surface area contributed by atoms with Gasteiger partial charge < -0.3 is 9.26 Å². The van der Waals surface area contributed by atoms with E-state index < -0.39 is 10.0 Å². The smallest absolute Gasteiger partial charge is 0.316 e. The second kappa shape index (κ2) is 5.00. The predicted octanol–water partition coefficient (Wildman–Crippen LogP) is 0.664. The van der Waals surface area contributed by atoms with Gasteiger partial charge in [-0.3, -0.25) is 4.72 Å². The summed E-state index contributed by atoms with van der Waals surface area (Å²) >= 11 is 0. The third-order valence-electron chi connectivity index (χ3n) is 1.87. The van der Waals surface area contributed by atoms with E-state index in [4.69, 9.17) is 4.74 Å². The fourth-order valence-corrected chi connectivity index (χ4v) is 2.00. The van der Waals surface area contributed by atoms with Gasteiger partial charge in [0.05, 0.1) is 30.9 Å². The highest BCUT2D eigenvalue weighted by atomic mass is 32.2. The summed E-state index contributed by atoms with van der Waals surface area (Å²) in [6.45, 7) is 2.23. The molecule has 8 nitrogen and oxygen atoms in total. The molecular weight excluding hydrogens is 260 g/mol. The highest BCUT2D eigenvalue weighted by Gasteiger charge is 2.16. The van der Waals surface area contributed by atoms with Gasteiger partial charge in [-0.25, -0.2) is 18.4 Å². The average Bonchev–Trinajstić information content (AvgIpc) is 2.86. The number of hydrogen-bond donors (Lipinski definition) is 1. The minimum atomic E-state index is -3.72. The molecular formula is C9H10N4O4S. The fraction of sp³-hybridized carbons (Fsp3) is 0.222. The molecule has 0 saturated heterocycles. The SMILES string of the molecule is CCOc1ncc(NS(=O)(=O)c2cnoc2)cn1. The minimum Gasteiger partial charge on any atom is -0.464 e. The lowest BCUT2D eigenvalue weighted by Crippen LogP contribution is -2.12. The molecule has 0 fully saturated rings. The Kier molecular flexibility index (Phi) is 3.42. The fourth-order valence-electron chi connectivity index (χ4n) is 1.11. The van der Waals surface area contributed by atoms with E-state index in [0.29, 0.717) is 6.61 Å². The zero-order chi connectivity index (χ0) is 13.0. The molecule has 2 heterocycles. The normalized spacial score (nSPS) is 11.2. The first-order valence-corrected chi connectivity index (χ1v) is 6.47. The second-order valence-corrected chi connectivity index (χ2v) is 4.84. The van der Waals surface area contributed by atoms with Crippen LogP contribution >= 0.6 is 0 Å². The van der Waals surface area contributed by atoms with Gasteiger partial charge in [-0.1, -0.05) is 5.16 Å². The van der Waals surface area contributed by atoms with Gasteiger partial charge in [-0.2, -0.15) is 0 Å². The Bertz CT molecular complexity index is 594. The standard InChI is InChI=1S/C9H10N4O4S/c1-2-16-9-10-3-7(4-11-9)13-18(14,15)8-5-12-17-6-8/h3-6,13H,2H2,1H3. The Morgan fingerprint density at radius 2 is 2.06 bits per heavy atom. The average molecular weight is 270 g/mol. The summed E-state index contributed by atoms with van der Waals surface area (Å²) in [6, 6.07) is 0.186. The highest BCUT2D eigenvalue weighted by molar-refractivity contribution is 7.92. The summed E-state index contributed by atoms with van der Waals surface area (Å²) < 4.78 is 35.3. The number of rotatable bonds is 5. The molecule has 0 radical (unpaired) electrons. The summed E-state index contributed by atoms with van der Waals surface area (Å²) in [5.74, 6) is 0. The van der Waals surface area contributed by atoms with Crippen molar-refractivity contribution >= 4 is 15.7 Å².